The molecule has 1 N–H and O–H groups in total. The normalized spacial score (nSPS) is 25.8. The average Bonchev–Trinajstić information content (AvgIpc) is 2.12. The molecule has 2 atom stereocenters. The number of carbonyl (C=O) groups is 2. The van der Waals surface area contributed by atoms with Crippen LogP contribution >= 0.6 is 0 Å². The van der Waals surface area contributed by atoms with Gasteiger partial charge < -0.3 is 10.2 Å². The summed E-state index contributed by atoms with van der Waals surface area (Å²) in [6, 6.07) is -0.286. The van der Waals surface area contributed by atoms with Crippen LogP contribution in [-0.4, -0.2) is 36.3 Å². The van der Waals surface area contributed by atoms with Gasteiger partial charge >= 0.3 is 0 Å². The summed E-state index contributed by atoms with van der Waals surface area (Å²) in [6.45, 7) is 4.15. The third-order valence-electron chi connectivity index (χ3n) is 2.68. The lowest BCUT2D eigenvalue weighted by Crippen LogP contribution is -2.58. The van der Waals surface area contributed by atoms with Gasteiger partial charge in [0.1, 0.15) is 6.04 Å². The van der Waals surface area contributed by atoms with Crippen molar-refractivity contribution in [1.82, 2.24) is 10.2 Å². The number of hydrogen-bond acceptors (Lipinski definition) is 2. The summed E-state index contributed by atoms with van der Waals surface area (Å²) in [5.41, 5.74) is 0. The molecular formula is C9H16N2O2. The second-order valence-corrected chi connectivity index (χ2v) is 3.55. The van der Waals surface area contributed by atoms with E-state index in [1.54, 1.807) is 11.9 Å². The fourth-order valence-electron chi connectivity index (χ4n) is 1.59. The highest BCUT2D eigenvalue weighted by Gasteiger charge is 2.34. The van der Waals surface area contributed by atoms with Crippen molar-refractivity contribution in [3.8, 4) is 0 Å². The summed E-state index contributed by atoms with van der Waals surface area (Å²) in [5.74, 6) is 0.176. The van der Waals surface area contributed by atoms with Gasteiger partial charge in [-0.15, -0.1) is 0 Å². The first-order valence-corrected chi connectivity index (χ1v) is 4.61. The monoisotopic (exact) mass is 184 g/mol. The summed E-state index contributed by atoms with van der Waals surface area (Å²) >= 11 is 0. The number of piperazine rings is 1. The smallest absolute Gasteiger partial charge is 0.243 e. The Morgan fingerprint density at radius 1 is 1.62 bits per heavy atom. The van der Waals surface area contributed by atoms with Gasteiger partial charge in [-0.3, -0.25) is 9.59 Å². The lowest BCUT2D eigenvalue weighted by atomic mass is 9.96. The second-order valence-electron chi connectivity index (χ2n) is 3.55. The van der Waals surface area contributed by atoms with E-state index in [4.69, 9.17) is 0 Å². The fraction of sp³-hybridized carbons (Fsp3) is 0.778. The van der Waals surface area contributed by atoms with Gasteiger partial charge in [-0.2, -0.15) is 0 Å². The zero-order valence-electron chi connectivity index (χ0n) is 8.33. The number of carbonyl (C=O) groups excluding carboxylic acids is 2. The van der Waals surface area contributed by atoms with E-state index in [2.05, 4.69) is 5.32 Å². The molecule has 0 saturated carbocycles. The second kappa shape index (κ2) is 3.77. The van der Waals surface area contributed by atoms with Crippen molar-refractivity contribution in [1.29, 1.82) is 0 Å². The molecule has 0 aromatic heterocycles. The van der Waals surface area contributed by atoms with Gasteiger partial charge in [0.25, 0.3) is 0 Å². The zero-order valence-corrected chi connectivity index (χ0v) is 8.33. The van der Waals surface area contributed by atoms with Crippen LogP contribution in [0.25, 0.3) is 0 Å². The van der Waals surface area contributed by atoms with Gasteiger partial charge in [0.2, 0.25) is 11.8 Å². The van der Waals surface area contributed by atoms with E-state index in [0.29, 0.717) is 0 Å². The molecular weight excluding hydrogens is 168 g/mol. The van der Waals surface area contributed by atoms with E-state index in [9.17, 15) is 9.59 Å². The van der Waals surface area contributed by atoms with Crippen LogP contribution in [0.3, 0.4) is 0 Å². The standard InChI is InChI=1S/C9H16N2O2/c1-4-6(2)8-9(13)10-5-7(12)11(8)3/h6,8H,4-5H2,1-3H3,(H,10,13). The molecule has 0 bridgehead atoms. The van der Waals surface area contributed by atoms with Gasteiger partial charge in [0, 0.05) is 7.05 Å². The molecule has 2 unspecified atom stereocenters. The van der Waals surface area contributed by atoms with Gasteiger partial charge in [-0.25, -0.2) is 0 Å². The molecule has 1 heterocycles. The lowest BCUT2D eigenvalue weighted by molar-refractivity contribution is -0.145. The molecule has 1 rings (SSSR count). The van der Waals surface area contributed by atoms with Crippen molar-refractivity contribution in [2.75, 3.05) is 13.6 Å². The van der Waals surface area contributed by atoms with Crippen LogP contribution in [0.1, 0.15) is 20.3 Å². The van der Waals surface area contributed by atoms with Crippen LogP contribution in [0.4, 0.5) is 0 Å². The average molecular weight is 184 g/mol. The number of rotatable bonds is 2. The molecule has 0 aromatic rings. The molecule has 4 heteroatoms. The number of nitrogens with zero attached hydrogens (tertiary/aromatic N) is 1. The van der Waals surface area contributed by atoms with E-state index in [0.717, 1.165) is 6.42 Å². The molecule has 0 spiro atoms. The van der Waals surface area contributed by atoms with Gasteiger partial charge in [0.15, 0.2) is 0 Å². The molecule has 1 aliphatic heterocycles. The van der Waals surface area contributed by atoms with Gasteiger partial charge in [-0.1, -0.05) is 20.3 Å². The van der Waals surface area contributed by atoms with Crippen LogP contribution in [-0.2, 0) is 9.59 Å². The Balaban J connectivity index is 2.77. The first kappa shape index (κ1) is 10.0. The minimum atomic E-state index is -0.286. The SMILES string of the molecule is CCC(C)C1C(=O)NCC(=O)N1C. The summed E-state index contributed by atoms with van der Waals surface area (Å²) in [4.78, 5) is 24.3. The molecule has 74 valence electrons. The van der Waals surface area contributed by atoms with E-state index < -0.39 is 0 Å². The largest absolute Gasteiger partial charge is 0.345 e. The first-order valence-electron chi connectivity index (χ1n) is 4.61. The summed E-state index contributed by atoms with van der Waals surface area (Å²) in [5, 5.41) is 2.60. The molecule has 4 nitrogen and oxygen atoms in total. The number of nitrogens with one attached hydrogen (secondary N) is 1. The van der Waals surface area contributed by atoms with E-state index >= 15 is 0 Å². The maximum absolute atomic E-state index is 11.4. The van der Waals surface area contributed by atoms with E-state index in [-0.39, 0.29) is 30.3 Å². The number of amides is 2. The van der Waals surface area contributed by atoms with E-state index in [1.807, 2.05) is 13.8 Å². The van der Waals surface area contributed by atoms with Gasteiger partial charge in [0.05, 0.1) is 6.54 Å². The quantitative estimate of drug-likeness (QED) is 0.656. The Kier molecular flexibility index (Phi) is 2.90. The first-order chi connectivity index (χ1) is 6.07. The van der Waals surface area contributed by atoms with Crippen LogP contribution in [0.15, 0.2) is 0 Å². The maximum Gasteiger partial charge on any atom is 0.243 e. The highest BCUT2D eigenvalue weighted by molar-refractivity contribution is 5.94. The van der Waals surface area contributed by atoms with Crippen molar-refractivity contribution in [3.05, 3.63) is 0 Å². The predicted octanol–water partition coefficient (Wildman–Crippen LogP) is -0.0107. The summed E-state index contributed by atoms with van der Waals surface area (Å²) in [7, 11) is 1.69. The minimum absolute atomic E-state index is 0.00935. The molecule has 0 aromatic carbocycles. The fourth-order valence-corrected chi connectivity index (χ4v) is 1.59. The molecule has 13 heavy (non-hydrogen) atoms. The Morgan fingerprint density at radius 3 is 2.77 bits per heavy atom. The summed E-state index contributed by atoms with van der Waals surface area (Å²) < 4.78 is 0. The molecule has 0 aliphatic carbocycles. The molecule has 0 radical (unpaired) electrons. The summed E-state index contributed by atoms with van der Waals surface area (Å²) in [6.07, 6.45) is 0.899. The van der Waals surface area contributed by atoms with Crippen molar-refractivity contribution < 1.29 is 9.59 Å². The maximum atomic E-state index is 11.4. The van der Waals surface area contributed by atoms with Crippen LogP contribution in [0.2, 0.25) is 0 Å². The van der Waals surface area contributed by atoms with Crippen molar-refractivity contribution in [2.24, 2.45) is 5.92 Å². The number of likely N-dealkylation sites (N-methyl/N-ethyl adjacent to an activating group) is 1. The predicted molar refractivity (Wildman–Crippen MR) is 49.0 cm³/mol. The molecule has 2 amide bonds. The van der Waals surface area contributed by atoms with Crippen molar-refractivity contribution >= 4 is 11.8 Å². The molecule has 1 saturated heterocycles. The highest BCUT2D eigenvalue weighted by atomic mass is 16.2. The van der Waals surface area contributed by atoms with Crippen LogP contribution in [0.5, 0.6) is 0 Å². The van der Waals surface area contributed by atoms with Crippen molar-refractivity contribution in [3.63, 3.8) is 0 Å². The van der Waals surface area contributed by atoms with Gasteiger partial charge in [-0.05, 0) is 5.92 Å². The highest BCUT2D eigenvalue weighted by Crippen LogP contribution is 2.15. The third kappa shape index (κ3) is 1.82. The molecule has 1 aliphatic rings. The Labute approximate surface area is 78.3 Å². The Morgan fingerprint density at radius 2 is 2.23 bits per heavy atom. The number of hydrogen-bond donors (Lipinski definition) is 1. The Bertz CT molecular complexity index is 228. The minimum Gasteiger partial charge on any atom is -0.345 e. The van der Waals surface area contributed by atoms with Crippen LogP contribution in [0, 0.1) is 5.92 Å². The topological polar surface area (TPSA) is 49.4 Å². The van der Waals surface area contributed by atoms with Crippen molar-refractivity contribution in [2.45, 2.75) is 26.3 Å². The zero-order chi connectivity index (χ0) is 10.0. The third-order valence-corrected chi connectivity index (χ3v) is 2.68. The lowest BCUT2D eigenvalue weighted by Gasteiger charge is -2.35. The molecule has 1 fully saturated rings. The van der Waals surface area contributed by atoms with Crippen LogP contribution < -0.4 is 5.32 Å². The van der Waals surface area contributed by atoms with E-state index in [1.165, 1.54) is 0 Å². The Hall–Kier alpha value is -1.06.